The molecule has 0 fully saturated rings. The highest BCUT2D eigenvalue weighted by molar-refractivity contribution is 6.34. The Morgan fingerprint density at radius 1 is 1.62 bits per heavy atom. The van der Waals surface area contributed by atoms with E-state index >= 15 is 0 Å². The predicted molar refractivity (Wildman–Crippen MR) is 50.6 cm³/mol. The lowest BCUT2D eigenvalue weighted by Crippen LogP contribution is -1.95. The van der Waals surface area contributed by atoms with Crippen LogP contribution in [0.5, 0.6) is 0 Å². The quantitative estimate of drug-likeness (QED) is 0.451. The van der Waals surface area contributed by atoms with Crippen molar-refractivity contribution in [1.29, 1.82) is 5.41 Å². The highest BCUT2D eigenvalue weighted by Crippen LogP contribution is 2.22. The summed E-state index contributed by atoms with van der Waals surface area (Å²) in [6, 6.07) is 4.05. The van der Waals surface area contributed by atoms with Crippen molar-refractivity contribution < 1.29 is 4.92 Å². The van der Waals surface area contributed by atoms with E-state index in [-0.39, 0.29) is 10.7 Å². The number of halogens is 1. The molecule has 0 radical (unpaired) electrons. The molecule has 0 aromatic heterocycles. The third-order valence-electron chi connectivity index (χ3n) is 1.57. The molecular formula is C8H7ClN2O2. The molecule has 0 heterocycles. The van der Waals surface area contributed by atoms with Crippen molar-refractivity contribution in [3.05, 3.63) is 38.9 Å². The van der Waals surface area contributed by atoms with Crippen LogP contribution < -0.4 is 0 Å². The maximum Gasteiger partial charge on any atom is 0.270 e. The van der Waals surface area contributed by atoms with Crippen LogP contribution in [-0.2, 0) is 0 Å². The molecule has 0 saturated carbocycles. The molecule has 13 heavy (non-hydrogen) atoms. The molecule has 0 unspecified atom stereocenters. The van der Waals surface area contributed by atoms with Crippen LogP contribution >= 0.6 is 11.6 Å². The maximum atomic E-state index is 10.3. The molecular weight excluding hydrogens is 192 g/mol. The Hall–Kier alpha value is -1.42. The second-order valence-corrected chi connectivity index (χ2v) is 2.95. The zero-order valence-corrected chi connectivity index (χ0v) is 7.63. The van der Waals surface area contributed by atoms with E-state index in [2.05, 4.69) is 0 Å². The molecule has 1 rings (SSSR count). The van der Waals surface area contributed by atoms with Crippen molar-refractivity contribution in [1.82, 2.24) is 0 Å². The minimum atomic E-state index is -0.519. The fraction of sp³-hybridized carbons (Fsp3) is 0.125. The Morgan fingerprint density at radius 2 is 2.23 bits per heavy atom. The van der Waals surface area contributed by atoms with Crippen molar-refractivity contribution in [3.8, 4) is 0 Å². The fourth-order valence-corrected chi connectivity index (χ4v) is 1.24. The number of nitro benzene ring substituents is 1. The van der Waals surface area contributed by atoms with Gasteiger partial charge in [0.2, 0.25) is 0 Å². The number of nitrogens with zero attached hydrogens (tertiary/aromatic N) is 1. The summed E-state index contributed by atoms with van der Waals surface area (Å²) in [5, 5.41) is 17.9. The van der Waals surface area contributed by atoms with Crippen molar-refractivity contribution in [3.63, 3.8) is 0 Å². The summed E-state index contributed by atoms with van der Waals surface area (Å²) in [5.41, 5.74) is 0.752. The van der Waals surface area contributed by atoms with Gasteiger partial charge in [0.15, 0.2) is 0 Å². The molecule has 1 aromatic rings. The van der Waals surface area contributed by atoms with Gasteiger partial charge >= 0.3 is 0 Å². The lowest BCUT2D eigenvalue weighted by molar-refractivity contribution is -0.384. The number of hydrogen-bond donors (Lipinski definition) is 1. The highest BCUT2D eigenvalue weighted by atomic mass is 35.5. The standard InChI is InChI=1S/C8H7ClN2O2/c1-5(10)7-3-2-6(11(12)13)4-8(7)9/h2-4,10H,1H3. The fourth-order valence-electron chi connectivity index (χ4n) is 0.922. The second-order valence-electron chi connectivity index (χ2n) is 2.55. The molecule has 0 bridgehead atoms. The third-order valence-corrected chi connectivity index (χ3v) is 1.88. The minimum absolute atomic E-state index is 0.0602. The average Bonchev–Trinajstić information content (AvgIpc) is 2.03. The van der Waals surface area contributed by atoms with Crippen LogP contribution in [0.15, 0.2) is 18.2 Å². The summed E-state index contributed by atoms with van der Waals surface area (Å²) in [6.07, 6.45) is 0. The van der Waals surface area contributed by atoms with Gasteiger partial charge in [0.25, 0.3) is 5.69 Å². The van der Waals surface area contributed by atoms with Crippen molar-refractivity contribution in [2.45, 2.75) is 6.92 Å². The normalized spacial score (nSPS) is 9.69. The number of rotatable bonds is 2. The van der Waals surface area contributed by atoms with E-state index in [1.165, 1.54) is 18.2 Å². The smallest absolute Gasteiger partial charge is 0.270 e. The summed E-state index contributed by atoms with van der Waals surface area (Å²) in [5.74, 6) is 0. The van der Waals surface area contributed by atoms with Crippen LogP contribution in [0.4, 0.5) is 5.69 Å². The molecule has 0 aliphatic rings. The van der Waals surface area contributed by atoms with Crippen LogP contribution in [0.1, 0.15) is 12.5 Å². The van der Waals surface area contributed by atoms with Gasteiger partial charge in [0.05, 0.1) is 9.95 Å². The molecule has 0 saturated heterocycles. The Bertz CT molecular complexity index is 376. The summed E-state index contributed by atoms with van der Waals surface area (Å²) in [4.78, 5) is 9.81. The first-order chi connectivity index (χ1) is 6.02. The Kier molecular flexibility index (Phi) is 2.63. The number of nitrogens with one attached hydrogen (secondary N) is 1. The number of hydrogen-bond acceptors (Lipinski definition) is 3. The van der Waals surface area contributed by atoms with Gasteiger partial charge < -0.3 is 5.41 Å². The van der Waals surface area contributed by atoms with E-state index in [1.54, 1.807) is 6.92 Å². The maximum absolute atomic E-state index is 10.3. The van der Waals surface area contributed by atoms with E-state index in [4.69, 9.17) is 17.0 Å². The number of nitro groups is 1. The number of non-ortho nitro benzene ring substituents is 1. The Balaban J connectivity index is 3.20. The van der Waals surface area contributed by atoms with Crippen LogP contribution in [0, 0.1) is 15.5 Å². The van der Waals surface area contributed by atoms with Crippen molar-refractivity contribution >= 4 is 23.0 Å². The second kappa shape index (κ2) is 3.53. The lowest BCUT2D eigenvalue weighted by Gasteiger charge is -2.00. The van der Waals surface area contributed by atoms with Crippen LogP contribution in [-0.4, -0.2) is 10.6 Å². The van der Waals surface area contributed by atoms with Gasteiger partial charge in [0.1, 0.15) is 0 Å². The van der Waals surface area contributed by atoms with Gasteiger partial charge in [-0.2, -0.15) is 0 Å². The summed E-state index contributed by atoms with van der Waals surface area (Å²) in [6.45, 7) is 1.58. The first-order valence-corrected chi connectivity index (χ1v) is 3.89. The zero-order valence-electron chi connectivity index (χ0n) is 6.87. The molecule has 0 atom stereocenters. The van der Waals surface area contributed by atoms with Gasteiger partial charge in [-0.3, -0.25) is 10.1 Å². The molecule has 0 aliphatic carbocycles. The lowest BCUT2D eigenvalue weighted by atomic mass is 10.1. The van der Waals surface area contributed by atoms with Crippen LogP contribution in [0.2, 0.25) is 5.02 Å². The predicted octanol–water partition coefficient (Wildman–Crippen LogP) is 2.64. The van der Waals surface area contributed by atoms with Crippen molar-refractivity contribution in [2.24, 2.45) is 0 Å². The van der Waals surface area contributed by atoms with Gasteiger partial charge in [-0.15, -0.1) is 0 Å². The number of benzene rings is 1. The van der Waals surface area contributed by atoms with Crippen molar-refractivity contribution in [2.75, 3.05) is 0 Å². The summed E-state index contributed by atoms with van der Waals surface area (Å²) in [7, 11) is 0. The van der Waals surface area contributed by atoms with Gasteiger partial charge in [-0.05, 0) is 13.0 Å². The van der Waals surface area contributed by atoms with Gasteiger partial charge in [-0.25, -0.2) is 0 Å². The zero-order chi connectivity index (χ0) is 10.0. The largest absolute Gasteiger partial charge is 0.305 e. The molecule has 4 nitrogen and oxygen atoms in total. The Labute approximate surface area is 79.8 Å². The molecule has 0 amide bonds. The van der Waals surface area contributed by atoms with E-state index in [0.717, 1.165) is 0 Å². The topological polar surface area (TPSA) is 67.0 Å². The minimum Gasteiger partial charge on any atom is -0.305 e. The molecule has 1 N–H and O–H groups in total. The summed E-state index contributed by atoms with van der Waals surface area (Å²) < 4.78 is 0. The molecule has 5 heteroatoms. The Morgan fingerprint density at radius 3 is 2.62 bits per heavy atom. The van der Waals surface area contributed by atoms with E-state index in [1.807, 2.05) is 0 Å². The van der Waals surface area contributed by atoms with E-state index in [0.29, 0.717) is 11.3 Å². The molecule has 68 valence electrons. The SMILES string of the molecule is CC(=N)c1ccc([N+](=O)[O-])cc1Cl. The molecule has 0 aliphatic heterocycles. The summed E-state index contributed by atoms with van der Waals surface area (Å²) >= 11 is 5.72. The first kappa shape index (κ1) is 9.67. The van der Waals surface area contributed by atoms with Crippen LogP contribution in [0.25, 0.3) is 0 Å². The monoisotopic (exact) mass is 198 g/mol. The molecule has 1 aromatic carbocycles. The van der Waals surface area contributed by atoms with Gasteiger partial charge in [0, 0.05) is 23.4 Å². The highest BCUT2D eigenvalue weighted by Gasteiger charge is 2.09. The average molecular weight is 199 g/mol. The van der Waals surface area contributed by atoms with E-state index < -0.39 is 4.92 Å². The first-order valence-electron chi connectivity index (χ1n) is 3.52. The molecule has 0 spiro atoms. The van der Waals surface area contributed by atoms with Gasteiger partial charge in [-0.1, -0.05) is 11.6 Å². The van der Waals surface area contributed by atoms with E-state index in [9.17, 15) is 10.1 Å². The third kappa shape index (κ3) is 2.03. The van der Waals surface area contributed by atoms with Crippen LogP contribution in [0.3, 0.4) is 0 Å².